The van der Waals surface area contributed by atoms with E-state index in [0.717, 1.165) is 5.56 Å². The van der Waals surface area contributed by atoms with Gasteiger partial charge < -0.3 is 11.1 Å². The van der Waals surface area contributed by atoms with E-state index in [4.69, 9.17) is 28.9 Å². The van der Waals surface area contributed by atoms with Gasteiger partial charge in [0.15, 0.2) is 0 Å². The molecule has 20 heavy (non-hydrogen) atoms. The van der Waals surface area contributed by atoms with Gasteiger partial charge in [-0.2, -0.15) is 0 Å². The molecular weight excluding hydrogens is 297 g/mol. The maximum Gasteiger partial charge on any atom is 0.255 e. The minimum Gasteiger partial charge on any atom is -0.325 e. The number of amides is 1. The Kier molecular flexibility index (Phi) is 4.60. The van der Waals surface area contributed by atoms with Gasteiger partial charge in [0, 0.05) is 18.3 Å². The SMILES string of the molecule is Cc1ccc(Cl)c(NC(=O)c2ccnc(CN)c2)c1Cl. The third-order valence-corrected chi connectivity index (χ3v) is 3.61. The average molecular weight is 310 g/mol. The summed E-state index contributed by atoms with van der Waals surface area (Å²) in [5.74, 6) is -0.309. The molecule has 0 spiro atoms. The van der Waals surface area contributed by atoms with Gasteiger partial charge in [0.2, 0.25) is 0 Å². The number of pyridine rings is 1. The number of carbonyl (C=O) groups is 1. The molecular formula is C14H13Cl2N3O. The van der Waals surface area contributed by atoms with Crippen LogP contribution in [0.3, 0.4) is 0 Å². The van der Waals surface area contributed by atoms with Gasteiger partial charge in [-0.1, -0.05) is 29.3 Å². The van der Waals surface area contributed by atoms with E-state index < -0.39 is 0 Å². The molecule has 6 heteroatoms. The molecule has 0 unspecified atom stereocenters. The fraction of sp³-hybridized carbons (Fsp3) is 0.143. The Morgan fingerprint density at radius 1 is 1.35 bits per heavy atom. The predicted molar refractivity (Wildman–Crippen MR) is 81.3 cm³/mol. The molecule has 3 N–H and O–H groups in total. The third kappa shape index (κ3) is 3.10. The monoisotopic (exact) mass is 309 g/mol. The minimum atomic E-state index is -0.309. The number of hydrogen-bond donors (Lipinski definition) is 2. The number of hydrogen-bond acceptors (Lipinski definition) is 3. The highest BCUT2D eigenvalue weighted by molar-refractivity contribution is 6.40. The first-order valence-electron chi connectivity index (χ1n) is 5.94. The molecule has 1 aromatic heterocycles. The van der Waals surface area contributed by atoms with E-state index in [1.54, 1.807) is 24.3 Å². The van der Waals surface area contributed by atoms with Crippen molar-refractivity contribution >= 4 is 34.8 Å². The van der Waals surface area contributed by atoms with E-state index in [9.17, 15) is 4.79 Å². The van der Waals surface area contributed by atoms with Crippen molar-refractivity contribution in [3.8, 4) is 0 Å². The maximum absolute atomic E-state index is 12.2. The molecule has 0 aliphatic carbocycles. The summed E-state index contributed by atoms with van der Waals surface area (Å²) in [7, 11) is 0. The largest absolute Gasteiger partial charge is 0.325 e. The van der Waals surface area contributed by atoms with Crippen LogP contribution in [0, 0.1) is 6.92 Å². The van der Waals surface area contributed by atoms with E-state index in [2.05, 4.69) is 10.3 Å². The molecule has 0 saturated heterocycles. The van der Waals surface area contributed by atoms with Crippen LogP contribution in [0.4, 0.5) is 5.69 Å². The van der Waals surface area contributed by atoms with Crippen molar-refractivity contribution in [1.29, 1.82) is 0 Å². The van der Waals surface area contributed by atoms with Crippen molar-refractivity contribution in [2.45, 2.75) is 13.5 Å². The number of halogens is 2. The van der Waals surface area contributed by atoms with Crippen LogP contribution in [0.1, 0.15) is 21.6 Å². The minimum absolute atomic E-state index is 0.271. The van der Waals surface area contributed by atoms with Gasteiger partial charge in [-0.05, 0) is 30.7 Å². The Balaban J connectivity index is 2.30. The van der Waals surface area contributed by atoms with Gasteiger partial charge in [0.1, 0.15) is 0 Å². The van der Waals surface area contributed by atoms with Gasteiger partial charge in [-0.25, -0.2) is 0 Å². The van der Waals surface area contributed by atoms with E-state index in [-0.39, 0.29) is 12.5 Å². The first kappa shape index (κ1) is 14.8. The summed E-state index contributed by atoms with van der Waals surface area (Å²) >= 11 is 12.2. The summed E-state index contributed by atoms with van der Waals surface area (Å²) in [6.45, 7) is 2.11. The Morgan fingerprint density at radius 2 is 2.10 bits per heavy atom. The van der Waals surface area contributed by atoms with Crippen molar-refractivity contribution in [2.75, 3.05) is 5.32 Å². The van der Waals surface area contributed by atoms with Crippen LogP contribution in [0.25, 0.3) is 0 Å². The number of nitrogens with two attached hydrogens (primary N) is 1. The fourth-order valence-electron chi connectivity index (χ4n) is 1.69. The lowest BCUT2D eigenvalue weighted by atomic mass is 10.2. The second kappa shape index (κ2) is 6.22. The second-order valence-electron chi connectivity index (χ2n) is 4.25. The molecule has 0 aliphatic rings. The van der Waals surface area contributed by atoms with Crippen molar-refractivity contribution < 1.29 is 4.79 Å². The van der Waals surface area contributed by atoms with Gasteiger partial charge in [0.25, 0.3) is 5.91 Å². The highest BCUT2D eigenvalue weighted by atomic mass is 35.5. The van der Waals surface area contributed by atoms with Crippen molar-refractivity contribution in [2.24, 2.45) is 5.73 Å². The number of nitrogens with one attached hydrogen (secondary N) is 1. The topological polar surface area (TPSA) is 68.0 Å². The summed E-state index contributed by atoms with van der Waals surface area (Å²) in [5, 5.41) is 3.54. The molecule has 0 radical (unpaired) electrons. The Bertz CT molecular complexity index is 659. The van der Waals surface area contributed by atoms with Crippen LogP contribution in [0.5, 0.6) is 0 Å². The number of aryl methyl sites for hydroxylation is 1. The number of rotatable bonds is 3. The normalized spacial score (nSPS) is 10.4. The van der Waals surface area contributed by atoms with E-state index in [1.165, 1.54) is 6.20 Å². The highest BCUT2D eigenvalue weighted by Crippen LogP contribution is 2.33. The molecule has 0 atom stereocenters. The summed E-state index contributed by atoms with van der Waals surface area (Å²) in [4.78, 5) is 16.2. The predicted octanol–water partition coefficient (Wildman–Crippen LogP) is 3.41. The first-order chi connectivity index (χ1) is 9.52. The van der Waals surface area contributed by atoms with Crippen LogP contribution in [-0.2, 0) is 6.54 Å². The highest BCUT2D eigenvalue weighted by Gasteiger charge is 2.13. The van der Waals surface area contributed by atoms with Crippen molar-refractivity contribution in [3.63, 3.8) is 0 Å². The summed E-state index contributed by atoms with van der Waals surface area (Å²) in [6.07, 6.45) is 1.54. The molecule has 2 rings (SSSR count). The van der Waals surface area contributed by atoms with Crippen LogP contribution in [0.2, 0.25) is 10.0 Å². The standard InChI is InChI=1S/C14H13Cl2N3O/c1-8-2-3-11(15)13(12(8)16)19-14(20)9-4-5-18-10(6-9)7-17/h2-6H,7,17H2,1H3,(H,19,20). The average Bonchev–Trinajstić information content (AvgIpc) is 2.47. The van der Waals surface area contributed by atoms with Gasteiger partial charge in [-0.15, -0.1) is 0 Å². The lowest BCUT2D eigenvalue weighted by molar-refractivity contribution is 0.102. The Hall–Kier alpha value is -1.62. The molecule has 104 valence electrons. The molecule has 0 aliphatic heterocycles. The molecule has 2 aromatic rings. The van der Waals surface area contributed by atoms with Gasteiger partial charge in [0.05, 0.1) is 21.4 Å². The van der Waals surface area contributed by atoms with Crippen molar-refractivity contribution in [1.82, 2.24) is 4.98 Å². The lowest BCUT2D eigenvalue weighted by Crippen LogP contribution is -2.14. The van der Waals surface area contributed by atoms with E-state index in [1.807, 2.05) is 6.92 Å². The summed E-state index contributed by atoms with van der Waals surface area (Å²) in [6, 6.07) is 6.72. The smallest absolute Gasteiger partial charge is 0.255 e. The van der Waals surface area contributed by atoms with E-state index >= 15 is 0 Å². The fourth-order valence-corrected chi connectivity index (χ4v) is 2.15. The molecule has 1 heterocycles. The lowest BCUT2D eigenvalue weighted by Gasteiger charge is -2.11. The molecule has 1 aromatic carbocycles. The zero-order valence-corrected chi connectivity index (χ0v) is 12.3. The van der Waals surface area contributed by atoms with Gasteiger partial charge in [-0.3, -0.25) is 9.78 Å². The zero-order valence-electron chi connectivity index (χ0n) is 10.8. The first-order valence-corrected chi connectivity index (χ1v) is 6.69. The van der Waals surface area contributed by atoms with Crippen LogP contribution >= 0.6 is 23.2 Å². The maximum atomic E-state index is 12.2. The van der Waals surface area contributed by atoms with Gasteiger partial charge >= 0.3 is 0 Å². The number of nitrogens with zero attached hydrogens (tertiary/aromatic N) is 1. The number of anilines is 1. The molecule has 4 nitrogen and oxygen atoms in total. The van der Waals surface area contributed by atoms with Crippen LogP contribution in [0.15, 0.2) is 30.5 Å². The quantitative estimate of drug-likeness (QED) is 0.913. The van der Waals surface area contributed by atoms with Crippen molar-refractivity contribution in [3.05, 3.63) is 57.3 Å². The molecule has 1 amide bonds. The molecule has 0 fully saturated rings. The second-order valence-corrected chi connectivity index (χ2v) is 5.03. The number of carbonyl (C=O) groups excluding carboxylic acids is 1. The summed E-state index contributed by atoms with van der Waals surface area (Å²) < 4.78 is 0. The number of benzene rings is 1. The molecule has 0 bridgehead atoms. The zero-order chi connectivity index (χ0) is 14.7. The Morgan fingerprint density at radius 3 is 2.80 bits per heavy atom. The van der Waals surface area contributed by atoms with Crippen LogP contribution < -0.4 is 11.1 Å². The van der Waals surface area contributed by atoms with E-state index in [0.29, 0.717) is 27.0 Å². The Labute approximate surface area is 126 Å². The number of aromatic nitrogens is 1. The third-order valence-electron chi connectivity index (χ3n) is 2.81. The van der Waals surface area contributed by atoms with Crippen LogP contribution in [-0.4, -0.2) is 10.9 Å². The summed E-state index contributed by atoms with van der Waals surface area (Å²) in [5.41, 5.74) is 7.84. The molecule has 0 saturated carbocycles.